The van der Waals surface area contributed by atoms with Crippen LogP contribution in [0.15, 0.2) is 36.7 Å². The second-order valence-electron chi connectivity index (χ2n) is 5.28. The first kappa shape index (κ1) is 15.5. The zero-order valence-electron chi connectivity index (χ0n) is 13.1. The molecule has 23 heavy (non-hydrogen) atoms. The molecule has 5 heteroatoms. The molecule has 3 rings (SSSR count). The van der Waals surface area contributed by atoms with Crippen LogP contribution in [-0.4, -0.2) is 18.0 Å². The van der Waals surface area contributed by atoms with Crippen LogP contribution in [0.3, 0.4) is 0 Å². The van der Waals surface area contributed by atoms with Crippen LogP contribution < -0.4 is 10.5 Å². The lowest BCUT2D eigenvalue weighted by Crippen LogP contribution is -2.11. The number of benzene rings is 1. The van der Waals surface area contributed by atoms with Crippen molar-refractivity contribution in [3.63, 3.8) is 0 Å². The van der Waals surface area contributed by atoms with E-state index in [1.807, 2.05) is 30.5 Å². The molecule has 118 valence electrons. The summed E-state index contributed by atoms with van der Waals surface area (Å²) in [6, 6.07) is 7.84. The SMILES string of the molecule is CCCc1c(C(N)=O)sc2cncc(-c3ccccc3OC)c12. The standard InChI is InChI=1S/C18H18N2O2S/c1-3-6-12-16-13(11-7-4-5-8-14(11)22-2)9-20-10-15(16)23-17(12)18(19)21/h4-5,7-10H,3,6H2,1-2H3,(H2,19,21). The van der Waals surface area contributed by atoms with Crippen molar-refractivity contribution in [2.45, 2.75) is 19.8 Å². The van der Waals surface area contributed by atoms with Crippen LogP contribution >= 0.6 is 11.3 Å². The van der Waals surface area contributed by atoms with Crippen molar-refractivity contribution in [2.75, 3.05) is 7.11 Å². The van der Waals surface area contributed by atoms with Crippen molar-refractivity contribution in [3.05, 3.63) is 47.1 Å². The molecule has 2 aromatic heterocycles. The van der Waals surface area contributed by atoms with E-state index in [1.165, 1.54) is 11.3 Å². The number of rotatable bonds is 5. The van der Waals surface area contributed by atoms with E-state index < -0.39 is 0 Å². The average Bonchev–Trinajstić information content (AvgIpc) is 2.94. The summed E-state index contributed by atoms with van der Waals surface area (Å²) in [6.07, 6.45) is 5.38. The Bertz CT molecular complexity index is 871. The van der Waals surface area contributed by atoms with Gasteiger partial charge in [0.15, 0.2) is 0 Å². The maximum Gasteiger partial charge on any atom is 0.259 e. The number of methoxy groups -OCH3 is 1. The second-order valence-corrected chi connectivity index (χ2v) is 6.34. The van der Waals surface area contributed by atoms with Gasteiger partial charge in [-0.3, -0.25) is 9.78 Å². The number of hydrogen-bond donors (Lipinski definition) is 1. The minimum atomic E-state index is -0.374. The topological polar surface area (TPSA) is 65.2 Å². The Morgan fingerprint density at radius 2 is 2.04 bits per heavy atom. The van der Waals surface area contributed by atoms with Gasteiger partial charge in [0.1, 0.15) is 5.75 Å². The predicted molar refractivity (Wildman–Crippen MR) is 94.1 cm³/mol. The average molecular weight is 326 g/mol. The number of para-hydroxylation sites is 1. The van der Waals surface area contributed by atoms with Crippen molar-refractivity contribution in [1.29, 1.82) is 0 Å². The summed E-state index contributed by atoms with van der Waals surface area (Å²) in [7, 11) is 1.65. The number of carbonyl (C=O) groups excluding carboxylic acids is 1. The number of primary amides is 1. The monoisotopic (exact) mass is 326 g/mol. The molecule has 2 N–H and O–H groups in total. The Hall–Kier alpha value is -2.40. The third-order valence-electron chi connectivity index (χ3n) is 3.82. The van der Waals surface area contributed by atoms with Gasteiger partial charge < -0.3 is 10.5 Å². The van der Waals surface area contributed by atoms with Crippen molar-refractivity contribution in [3.8, 4) is 16.9 Å². The first-order valence-corrected chi connectivity index (χ1v) is 8.31. The third kappa shape index (κ3) is 2.68. The highest BCUT2D eigenvalue weighted by molar-refractivity contribution is 7.21. The molecule has 0 bridgehead atoms. The number of hydrogen-bond acceptors (Lipinski definition) is 4. The van der Waals surface area contributed by atoms with Gasteiger partial charge in [-0.2, -0.15) is 0 Å². The quantitative estimate of drug-likeness (QED) is 0.770. The molecule has 0 saturated carbocycles. The normalized spacial score (nSPS) is 10.9. The minimum absolute atomic E-state index is 0.374. The number of nitrogens with zero attached hydrogens (tertiary/aromatic N) is 1. The summed E-state index contributed by atoms with van der Waals surface area (Å²) < 4.78 is 6.46. The zero-order chi connectivity index (χ0) is 16.4. The summed E-state index contributed by atoms with van der Waals surface area (Å²) in [5.41, 5.74) is 8.55. The first-order chi connectivity index (χ1) is 11.2. The van der Waals surface area contributed by atoms with Gasteiger partial charge in [-0.1, -0.05) is 31.5 Å². The molecule has 0 aliphatic carbocycles. The predicted octanol–water partition coefficient (Wildman–Crippen LogP) is 4.02. The van der Waals surface area contributed by atoms with Gasteiger partial charge >= 0.3 is 0 Å². The van der Waals surface area contributed by atoms with Gasteiger partial charge in [0.2, 0.25) is 0 Å². The number of aromatic nitrogens is 1. The van der Waals surface area contributed by atoms with Crippen LogP contribution in [0.1, 0.15) is 28.6 Å². The van der Waals surface area contributed by atoms with Gasteiger partial charge in [-0.15, -0.1) is 11.3 Å². The van der Waals surface area contributed by atoms with E-state index in [9.17, 15) is 4.79 Å². The second kappa shape index (κ2) is 6.38. The van der Waals surface area contributed by atoms with Crippen molar-refractivity contribution in [1.82, 2.24) is 4.98 Å². The van der Waals surface area contributed by atoms with Crippen LogP contribution in [0.4, 0.5) is 0 Å². The molecule has 3 aromatic rings. The number of thiophene rings is 1. The summed E-state index contributed by atoms with van der Waals surface area (Å²) >= 11 is 1.42. The van der Waals surface area contributed by atoms with E-state index in [1.54, 1.807) is 13.3 Å². The smallest absolute Gasteiger partial charge is 0.259 e. The molecule has 1 amide bonds. The van der Waals surface area contributed by atoms with E-state index in [2.05, 4.69) is 11.9 Å². The molecule has 2 heterocycles. The van der Waals surface area contributed by atoms with Crippen molar-refractivity contribution < 1.29 is 9.53 Å². The Morgan fingerprint density at radius 1 is 1.26 bits per heavy atom. The number of fused-ring (bicyclic) bond motifs is 1. The largest absolute Gasteiger partial charge is 0.496 e. The van der Waals surface area contributed by atoms with Gasteiger partial charge in [0.25, 0.3) is 5.91 Å². The number of carbonyl (C=O) groups is 1. The van der Waals surface area contributed by atoms with E-state index in [4.69, 9.17) is 10.5 Å². The lowest BCUT2D eigenvalue weighted by Gasteiger charge is -2.10. The van der Waals surface area contributed by atoms with Crippen LogP contribution in [0.2, 0.25) is 0 Å². The molecule has 0 radical (unpaired) electrons. The van der Waals surface area contributed by atoms with Gasteiger partial charge in [0, 0.05) is 28.9 Å². The zero-order valence-corrected chi connectivity index (χ0v) is 13.9. The number of aryl methyl sites for hydroxylation is 1. The van der Waals surface area contributed by atoms with Gasteiger partial charge in [-0.05, 0) is 18.1 Å². The minimum Gasteiger partial charge on any atom is -0.496 e. The summed E-state index contributed by atoms with van der Waals surface area (Å²) in [4.78, 5) is 16.8. The van der Waals surface area contributed by atoms with Crippen LogP contribution in [0, 0.1) is 0 Å². The van der Waals surface area contributed by atoms with E-state index in [0.717, 1.165) is 45.4 Å². The maximum atomic E-state index is 11.8. The molecule has 0 aliphatic rings. The number of nitrogens with two attached hydrogens (primary N) is 1. The van der Waals surface area contributed by atoms with Crippen LogP contribution in [-0.2, 0) is 6.42 Å². The molecular weight excluding hydrogens is 308 g/mol. The summed E-state index contributed by atoms with van der Waals surface area (Å²) in [5, 5.41) is 1.06. The number of ether oxygens (including phenoxy) is 1. The summed E-state index contributed by atoms with van der Waals surface area (Å²) in [5.74, 6) is 0.414. The Morgan fingerprint density at radius 3 is 2.74 bits per heavy atom. The van der Waals surface area contributed by atoms with E-state index in [-0.39, 0.29) is 5.91 Å². The molecule has 0 saturated heterocycles. The maximum absolute atomic E-state index is 11.8. The lowest BCUT2D eigenvalue weighted by molar-refractivity contribution is 0.100. The Labute approximate surface area is 138 Å². The molecule has 0 aliphatic heterocycles. The summed E-state index contributed by atoms with van der Waals surface area (Å²) in [6.45, 7) is 2.10. The van der Waals surface area contributed by atoms with Crippen molar-refractivity contribution >= 4 is 27.3 Å². The van der Waals surface area contributed by atoms with Crippen LogP contribution in [0.5, 0.6) is 5.75 Å². The highest BCUT2D eigenvalue weighted by Crippen LogP contribution is 2.40. The third-order valence-corrected chi connectivity index (χ3v) is 5.00. The fourth-order valence-corrected chi connectivity index (χ4v) is 3.97. The lowest BCUT2D eigenvalue weighted by atomic mass is 9.97. The van der Waals surface area contributed by atoms with Gasteiger partial charge in [0.05, 0.1) is 16.7 Å². The Kier molecular flexibility index (Phi) is 4.30. The molecular formula is C18H18N2O2S. The van der Waals surface area contributed by atoms with Crippen LogP contribution in [0.25, 0.3) is 21.2 Å². The molecule has 1 aromatic carbocycles. The highest BCUT2D eigenvalue weighted by atomic mass is 32.1. The fraction of sp³-hybridized carbons (Fsp3) is 0.222. The molecule has 0 spiro atoms. The Balaban J connectivity index is 2.35. The first-order valence-electron chi connectivity index (χ1n) is 7.50. The number of amides is 1. The van der Waals surface area contributed by atoms with E-state index >= 15 is 0 Å². The molecule has 0 fully saturated rings. The molecule has 0 atom stereocenters. The highest BCUT2D eigenvalue weighted by Gasteiger charge is 2.20. The molecule has 4 nitrogen and oxygen atoms in total. The molecule has 0 unspecified atom stereocenters. The fourth-order valence-electron chi connectivity index (χ4n) is 2.87. The van der Waals surface area contributed by atoms with Crippen molar-refractivity contribution in [2.24, 2.45) is 5.73 Å². The van der Waals surface area contributed by atoms with Gasteiger partial charge in [-0.25, -0.2) is 0 Å². The number of pyridine rings is 1. The van der Waals surface area contributed by atoms with E-state index in [0.29, 0.717) is 4.88 Å².